The van der Waals surface area contributed by atoms with Gasteiger partial charge in [-0.05, 0) is 12.1 Å². The number of aromatic carboxylic acids is 1. The Morgan fingerprint density at radius 3 is 2.54 bits per heavy atom. The average Bonchev–Trinajstić information content (AvgIpc) is 2.15. The summed E-state index contributed by atoms with van der Waals surface area (Å²) in [6, 6.07) is 4.14. The molecule has 1 rings (SSSR count). The molecule has 0 aliphatic rings. The molecule has 0 amide bonds. The summed E-state index contributed by atoms with van der Waals surface area (Å²) in [6.45, 7) is 0. The van der Waals surface area contributed by atoms with E-state index >= 15 is 0 Å². The molecule has 0 aliphatic heterocycles. The molecule has 13 heavy (non-hydrogen) atoms. The van der Waals surface area contributed by atoms with E-state index in [4.69, 9.17) is 1.43 Å². The van der Waals surface area contributed by atoms with Crippen LogP contribution >= 0.6 is 0 Å². The fraction of sp³-hybridized carbons (Fsp3) is 0.125. The molecule has 0 fully saturated rings. The molecule has 5 heteroatoms. The van der Waals surface area contributed by atoms with E-state index in [1.54, 1.807) is 0 Å². The van der Waals surface area contributed by atoms with E-state index in [0.29, 0.717) is 0 Å². The van der Waals surface area contributed by atoms with Crippen molar-refractivity contribution < 1.29 is 23.1 Å². The number of rotatable bonds is 1. The fourth-order valence-corrected chi connectivity index (χ4v) is 0.908. The van der Waals surface area contributed by atoms with Crippen LogP contribution in [0.25, 0.3) is 1.43 Å². The monoisotopic (exact) mass is 191 g/mol. The molecule has 0 saturated carbocycles. The number of carbonyl (C=O) groups is 1. The second-order valence-corrected chi connectivity index (χ2v) is 2.33. The summed E-state index contributed by atoms with van der Waals surface area (Å²) in [5.41, 5.74) is -1.76. The SMILES string of the molecule is [2H]OC(=O)c1ccccc1C(F)(F)F. The third-order valence-electron chi connectivity index (χ3n) is 1.45. The predicted octanol–water partition coefficient (Wildman–Crippen LogP) is 2.40. The van der Waals surface area contributed by atoms with Gasteiger partial charge in [-0.25, -0.2) is 4.79 Å². The van der Waals surface area contributed by atoms with Crippen LogP contribution in [0.15, 0.2) is 24.3 Å². The summed E-state index contributed by atoms with van der Waals surface area (Å²) in [5, 5.41) is 3.48. The topological polar surface area (TPSA) is 37.3 Å². The maximum Gasteiger partial charge on any atom is 0.417 e. The number of hydrogen-bond donors (Lipinski definition) is 1. The summed E-state index contributed by atoms with van der Waals surface area (Å²) in [5.74, 6) is -1.32. The zero-order valence-electron chi connectivity index (χ0n) is 7.26. The molecule has 0 radical (unpaired) electrons. The van der Waals surface area contributed by atoms with Gasteiger partial charge in [0.25, 0.3) is 1.43 Å². The average molecular weight is 191 g/mol. The van der Waals surface area contributed by atoms with Crippen molar-refractivity contribution in [2.24, 2.45) is 0 Å². The molecule has 1 N–H and O–H groups in total. The fourth-order valence-electron chi connectivity index (χ4n) is 0.908. The zero-order chi connectivity index (χ0) is 10.8. The normalized spacial score (nSPS) is 12.1. The van der Waals surface area contributed by atoms with Gasteiger partial charge in [-0.3, -0.25) is 0 Å². The Balaban J connectivity index is 3.23. The molecular weight excluding hydrogens is 185 g/mol. The number of hydrogen-bond acceptors (Lipinski definition) is 2. The van der Waals surface area contributed by atoms with E-state index in [1.165, 1.54) is 6.07 Å². The number of halogens is 3. The number of carboxylic acids is 1. The van der Waals surface area contributed by atoms with Gasteiger partial charge in [0.15, 0.2) is 0 Å². The molecule has 0 aliphatic carbocycles. The van der Waals surface area contributed by atoms with Crippen molar-refractivity contribution in [3.05, 3.63) is 35.4 Å². The lowest BCUT2D eigenvalue weighted by Gasteiger charge is -2.08. The first-order valence-electron chi connectivity index (χ1n) is 3.71. The van der Waals surface area contributed by atoms with Gasteiger partial charge in [0.1, 0.15) is 0 Å². The van der Waals surface area contributed by atoms with Gasteiger partial charge < -0.3 is 5.11 Å². The van der Waals surface area contributed by atoms with Gasteiger partial charge in [0.2, 0.25) is 0 Å². The van der Waals surface area contributed by atoms with E-state index in [2.05, 4.69) is 5.11 Å². The highest BCUT2D eigenvalue weighted by Crippen LogP contribution is 2.31. The van der Waals surface area contributed by atoms with Crippen LogP contribution in [0, 0.1) is 0 Å². The Bertz CT molecular complexity index is 349. The maximum atomic E-state index is 12.3. The van der Waals surface area contributed by atoms with Crippen molar-refractivity contribution in [3.63, 3.8) is 0 Å². The Morgan fingerprint density at radius 2 is 2.00 bits per heavy atom. The quantitative estimate of drug-likeness (QED) is 0.739. The molecule has 0 atom stereocenters. The summed E-state index contributed by atoms with van der Waals surface area (Å²) in [4.78, 5) is 10.8. The molecule has 0 heterocycles. The zero-order valence-corrected chi connectivity index (χ0v) is 6.26. The van der Waals surface area contributed by atoms with E-state index < -0.39 is 23.3 Å². The second kappa shape index (κ2) is 3.08. The predicted molar refractivity (Wildman–Crippen MR) is 38.4 cm³/mol. The first-order chi connectivity index (χ1) is 6.46. The third kappa shape index (κ3) is 1.99. The molecule has 2 nitrogen and oxygen atoms in total. The van der Waals surface area contributed by atoms with Crippen LogP contribution in [-0.4, -0.2) is 11.1 Å². The maximum absolute atomic E-state index is 12.3. The van der Waals surface area contributed by atoms with E-state index in [9.17, 15) is 18.0 Å². The van der Waals surface area contributed by atoms with Crippen molar-refractivity contribution in [3.8, 4) is 0 Å². The van der Waals surface area contributed by atoms with Gasteiger partial charge >= 0.3 is 12.1 Å². The van der Waals surface area contributed by atoms with Crippen LogP contribution < -0.4 is 0 Å². The van der Waals surface area contributed by atoms with Gasteiger partial charge in [0.05, 0.1) is 11.1 Å². The van der Waals surface area contributed by atoms with Gasteiger partial charge in [-0.2, -0.15) is 13.2 Å². The highest BCUT2D eigenvalue weighted by atomic mass is 19.4. The summed E-state index contributed by atoms with van der Waals surface area (Å²) < 4.78 is 43.1. The van der Waals surface area contributed by atoms with Crippen LogP contribution in [0.5, 0.6) is 0 Å². The highest BCUT2D eigenvalue weighted by Gasteiger charge is 2.34. The molecule has 1 aromatic carbocycles. The third-order valence-corrected chi connectivity index (χ3v) is 1.45. The molecule has 0 spiro atoms. The minimum Gasteiger partial charge on any atom is -0.478 e. The van der Waals surface area contributed by atoms with Crippen molar-refractivity contribution in [2.75, 3.05) is 0 Å². The first-order valence-corrected chi connectivity index (χ1v) is 3.30. The molecule has 70 valence electrons. The summed E-state index contributed by atoms with van der Waals surface area (Å²) in [7, 11) is 0. The van der Waals surface area contributed by atoms with Crippen LogP contribution in [0.4, 0.5) is 13.2 Å². The van der Waals surface area contributed by atoms with Crippen LogP contribution in [0.3, 0.4) is 0 Å². The van der Waals surface area contributed by atoms with Crippen LogP contribution in [0.2, 0.25) is 0 Å². The number of benzene rings is 1. The standard InChI is InChI=1S/C8H5F3O2/c9-8(10,11)6-4-2-1-3-5(6)7(12)13/h1-4H,(H,12,13)/i/hD. The minimum atomic E-state index is -4.62. The van der Waals surface area contributed by atoms with Gasteiger partial charge in [-0.1, -0.05) is 12.1 Å². The van der Waals surface area contributed by atoms with E-state index in [-0.39, 0.29) is 0 Å². The lowest BCUT2D eigenvalue weighted by Crippen LogP contribution is -2.12. The Kier molecular flexibility index (Phi) is 1.92. The van der Waals surface area contributed by atoms with Gasteiger partial charge in [0, 0.05) is 0 Å². The molecule has 0 bridgehead atoms. The van der Waals surface area contributed by atoms with E-state index in [0.717, 1.165) is 18.2 Å². The Morgan fingerprint density at radius 1 is 1.38 bits per heavy atom. The summed E-state index contributed by atoms with van der Waals surface area (Å²) in [6.07, 6.45) is -4.62. The Hall–Kier alpha value is -1.52. The Labute approximate surface area is 73.1 Å². The number of alkyl halides is 3. The van der Waals surface area contributed by atoms with Crippen LogP contribution in [-0.2, 0) is 6.18 Å². The molecular formula is C8H5F3O2. The van der Waals surface area contributed by atoms with Crippen molar-refractivity contribution >= 4 is 5.97 Å². The smallest absolute Gasteiger partial charge is 0.417 e. The van der Waals surface area contributed by atoms with Crippen molar-refractivity contribution in [1.29, 1.82) is 1.43 Å². The van der Waals surface area contributed by atoms with Crippen molar-refractivity contribution in [1.82, 2.24) is 0 Å². The van der Waals surface area contributed by atoms with Crippen LogP contribution in [0.1, 0.15) is 15.9 Å². The van der Waals surface area contributed by atoms with Gasteiger partial charge in [-0.15, -0.1) is 0 Å². The lowest BCUT2D eigenvalue weighted by molar-refractivity contribution is -0.138. The molecule has 0 aromatic heterocycles. The first kappa shape index (κ1) is 8.10. The molecule has 0 saturated heterocycles. The van der Waals surface area contributed by atoms with E-state index in [1.807, 2.05) is 0 Å². The minimum absolute atomic E-state index is 0.657. The largest absolute Gasteiger partial charge is 0.478 e. The lowest BCUT2D eigenvalue weighted by atomic mass is 10.1. The summed E-state index contributed by atoms with van der Waals surface area (Å²) >= 11 is 0. The van der Waals surface area contributed by atoms with Crippen molar-refractivity contribution in [2.45, 2.75) is 6.18 Å². The molecule has 0 unspecified atom stereocenters. The second-order valence-electron chi connectivity index (χ2n) is 2.33. The highest BCUT2D eigenvalue weighted by molar-refractivity contribution is 5.89. The number of carboxylic acid groups (broad SMARTS) is 1. The molecule has 1 aromatic rings.